The first-order valence-corrected chi connectivity index (χ1v) is 9.13. The maximum atomic E-state index is 12.7. The summed E-state index contributed by atoms with van der Waals surface area (Å²) in [6.45, 7) is 1.89. The summed E-state index contributed by atoms with van der Waals surface area (Å²) in [5.74, 6) is 0.348. The number of hydrogen-bond acceptors (Lipinski definition) is 5. The van der Waals surface area contributed by atoms with Crippen LogP contribution in [0.3, 0.4) is 0 Å². The van der Waals surface area contributed by atoms with E-state index in [0.29, 0.717) is 30.1 Å². The van der Waals surface area contributed by atoms with Gasteiger partial charge in [0.2, 0.25) is 5.91 Å². The lowest BCUT2D eigenvalue weighted by atomic mass is 9.97. The summed E-state index contributed by atoms with van der Waals surface area (Å²) < 4.78 is 10.4. The number of hydrogen-bond donors (Lipinski definition) is 1. The second-order valence-corrected chi connectivity index (χ2v) is 6.84. The Kier molecular flexibility index (Phi) is 4.91. The maximum Gasteiger partial charge on any atom is 0.286 e. The molecule has 1 aliphatic rings. The minimum atomic E-state index is -0.225. The number of aromatic nitrogens is 1. The van der Waals surface area contributed by atoms with Crippen LogP contribution in [-0.2, 0) is 11.2 Å². The van der Waals surface area contributed by atoms with Crippen molar-refractivity contribution >= 4 is 22.8 Å². The van der Waals surface area contributed by atoms with Crippen molar-refractivity contribution in [3.05, 3.63) is 54.1 Å². The van der Waals surface area contributed by atoms with E-state index in [1.807, 2.05) is 29.2 Å². The Labute approximate surface area is 156 Å². The molecule has 1 aromatic carbocycles. The third-order valence-corrected chi connectivity index (χ3v) is 4.94. The zero-order chi connectivity index (χ0) is 18.6. The first-order valence-electron chi connectivity index (χ1n) is 9.13. The molecule has 4 rings (SSSR count). The van der Waals surface area contributed by atoms with E-state index < -0.39 is 0 Å². The van der Waals surface area contributed by atoms with Crippen molar-refractivity contribution in [1.29, 1.82) is 0 Å². The molecule has 7 heteroatoms. The van der Waals surface area contributed by atoms with Gasteiger partial charge in [-0.1, -0.05) is 17.3 Å². The minimum Gasteiger partial charge on any atom is -0.459 e. The zero-order valence-electron chi connectivity index (χ0n) is 14.9. The van der Waals surface area contributed by atoms with Gasteiger partial charge in [0.25, 0.3) is 5.91 Å². The Morgan fingerprint density at radius 1 is 1.22 bits per heavy atom. The van der Waals surface area contributed by atoms with Crippen molar-refractivity contribution < 1.29 is 18.5 Å². The lowest BCUT2D eigenvalue weighted by Crippen LogP contribution is -2.44. The Balaban J connectivity index is 1.33. The highest BCUT2D eigenvalue weighted by atomic mass is 16.5. The van der Waals surface area contributed by atoms with E-state index in [1.165, 1.54) is 6.26 Å². The van der Waals surface area contributed by atoms with Gasteiger partial charge in [-0.3, -0.25) is 9.59 Å². The second-order valence-electron chi connectivity index (χ2n) is 6.84. The fraction of sp³-hybridized carbons (Fsp3) is 0.350. The number of fused-ring (bicyclic) bond motifs is 1. The normalized spacial score (nSPS) is 17.2. The van der Waals surface area contributed by atoms with E-state index in [4.69, 9.17) is 8.94 Å². The fourth-order valence-electron chi connectivity index (χ4n) is 3.51. The minimum absolute atomic E-state index is 0.0381. The van der Waals surface area contributed by atoms with Crippen LogP contribution in [0.4, 0.5) is 0 Å². The predicted molar refractivity (Wildman–Crippen MR) is 98.1 cm³/mol. The molecular weight excluding hydrogens is 346 g/mol. The number of carbonyl (C=O) groups is 2. The molecule has 1 atom stereocenters. The van der Waals surface area contributed by atoms with Crippen LogP contribution in [0.1, 0.15) is 29.1 Å². The van der Waals surface area contributed by atoms with Gasteiger partial charge < -0.3 is 19.2 Å². The fourth-order valence-corrected chi connectivity index (χ4v) is 3.51. The lowest BCUT2D eigenvalue weighted by molar-refractivity contribution is -0.132. The van der Waals surface area contributed by atoms with Crippen molar-refractivity contribution in [3.8, 4) is 0 Å². The molecule has 0 aliphatic carbocycles. The van der Waals surface area contributed by atoms with Crippen LogP contribution >= 0.6 is 0 Å². The first kappa shape index (κ1) is 17.3. The lowest BCUT2D eigenvalue weighted by Gasteiger charge is -2.32. The molecule has 2 aromatic heterocycles. The van der Waals surface area contributed by atoms with E-state index in [-0.39, 0.29) is 24.2 Å². The maximum absolute atomic E-state index is 12.7. The summed E-state index contributed by atoms with van der Waals surface area (Å²) in [7, 11) is 0. The number of likely N-dealkylation sites (tertiary alicyclic amines) is 1. The molecule has 0 saturated carbocycles. The molecule has 1 saturated heterocycles. The number of carbonyl (C=O) groups excluding carboxylic acids is 2. The van der Waals surface area contributed by atoms with Crippen molar-refractivity contribution in [2.45, 2.75) is 19.3 Å². The van der Waals surface area contributed by atoms with Gasteiger partial charge in [0, 0.05) is 25.0 Å². The molecule has 1 unspecified atom stereocenters. The van der Waals surface area contributed by atoms with Crippen LogP contribution in [0.15, 0.2) is 51.6 Å². The smallest absolute Gasteiger partial charge is 0.286 e. The number of rotatable bonds is 5. The average molecular weight is 367 g/mol. The molecule has 7 nitrogen and oxygen atoms in total. The first-order chi connectivity index (χ1) is 13.2. The number of furan rings is 1. The molecule has 1 aliphatic heterocycles. The topological polar surface area (TPSA) is 88.6 Å². The monoisotopic (exact) mass is 367 g/mol. The highest BCUT2D eigenvalue weighted by Crippen LogP contribution is 2.21. The Morgan fingerprint density at radius 3 is 2.96 bits per heavy atom. The van der Waals surface area contributed by atoms with E-state index in [1.54, 1.807) is 12.1 Å². The Bertz CT molecular complexity index is 932. The Hall–Kier alpha value is -3.09. The van der Waals surface area contributed by atoms with Gasteiger partial charge >= 0.3 is 0 Å². The van der Waals surface area contributed by atoms with Crippen molar-refractivity contribution in [2.24, 2.45) is 5.92 Å². The van der Waals surface area contributed by atoms with Gasteiger partial charge in [-0.15, -0.1) is 0 Å². The highest BCUT2D eigenvalue weighted by Gasteiger charge is 2.25. The molecule has 1 N–H and O–H groups in total. The summed E-state index contributed by atoms with van der Waals surface area (Å²) in [4.78, 5) is 26.6. The van der Waals surface area contributed by atoms with Gasteiger partial charge in [0.1, 0.15) is 5.69 Å². The van der Waals surface area contributed by atoms with Gasteiger partial charge in [-0.25, -0.2) is 0 Å². The van der Waals surface area contributed by atoms with Crippen LogP contribution in [-0.4, -0.2) is 41.5 Å². The van der Waals surface area contributed by atoms with Crippen LogP contribution in [0.25, 0.3) is 11.0 Å². The molecule has 0 radical (unpaired) electrons. The summed E-state index contributed by atoms with van der Waals surface area (Å²) in [6, 6.07) is 10.9. The average Bonchev–Trinajstić information content (AvgIpc) is 3.37. The van der Waals surface area contributed by atoms with E-state index in [0.717, 1.165) is 24.8 Å². The van der Waals surface area contributed by atoms with E-state index >= 15 is 0 Å². The molecule has 0 spiro atoms. The molecule has 2 amide bonds. The third-order valence-electron chi connectivity index (χ3n) is 4.94. The van der Waals surface area contributed by atoms with Gasteiger partial charge in [-0.05, 0) is 43.0 Å². The molecule has 140 valence electrons. The van der Waals surface area contributed by atoms with Crippen molar-refractivity contribution in [2.75, 3.05) is 19.6 Å². The Morgan fingerprint density at radius 2 is 2.11 bits per heavy atom. The summed E-state index contributed by atoms with van der Waals surface area (Å²) in [5, 5.41) is 7.81. The summed E-state index contributed by atoms with van der Waals surface area (Å²) >= 11 is 0. The van der Waals surface area contributed by atoms with E-state index in [2.05, 4.69) is 10.5 Å². The summed E-state index contributed by atoms with van der Waals surface area (Å²) in [5.41, 5.74) is 1.36. The standard InChI is InChI=1S/C20H21N3O4/c24-19(11-16-15-6-1-2-7-17(15)27-22-16)23-9-3-5-14(13-23)12-21-20(25)18-8-4-10-26-18/h1-2,4,6-8,10,14H,3,5,9,11-13H2,(H,21,25). The van der Waals surface area contributed by atoms with Crippen molar-refractivity contribution in [3.63, 3.8) is 0 Å². The number of piperidine rings is 1. The van der Waals surface area contributed by atoms with Gasteiger partial charge in [-0.2, -0.15) is 0 Å². The number of nitrogens with one attached hydrogen (secondary N) is 1. The van der Waals surface area contributed by atoms with Crippen LogP contribution in [0.5, 0.6) is 0 Å². The molecular formula is C20H21N3O4. The van der Waals surface area contributed by atoms with Crippen molar-refractivity contribution in [1.82, 2.24) is 15.4 Å². The van der Waals surface area contributed by atoms with Crippen LogP contribution in [0.2, 0.25) is 0 Å². The molecule has 3 heterocycles. The van der Waals surface area contributed by atoms with E-state index in [9.17, 15) is 9.59 Å². The second kappa shape index (κ2) is 7.65. The number of benzene rings is 1. The highest BCUT2D eigenvalue weighted by molar-refractivity contribution is 5.91. The number of amides is 2. The zero-order valence-corrected chi connectivity index (χ0v) is 14.9. The third kappa shape index (κ3) is 3.86. The summed E-state index contributed by atoms with van der Waals surface area (Å²) in [6.07, 6.45) is 3.60. The molecule has 1 fully saturated rings. The largest absolute Gasteiger partial charge is 0.459 e. The SMILES string of the molecule is O=C(NCC1CCCN(C(=O)Cc2noc3ccccc23)C1)c1ccco1. The quantitative estimate of drug-likeness (QED) is 0.749. The van der Waals surface area contributed by atoms with Crippen LogP contribution in [0, 0.1) is 5.92 Å². The van der Waals surface area contributed by atoms with Gasteiger partial charge in [0.05, 0.1) is 12.7 Å². The molecule has 3 aromatic rings. The van der Waals surface area contributed by atoms with Gasteiger partial charge in [0.15, 0.2) is 11.3 Å². The van der Waals surface area contributed by atoms with Crippen LogP contribution < -0.4 is 5.32 Å². The molecule has 27 heavy (non-hydrogen) atoms. The predicted octanol–water partition coefficient (Wildman–Crippen LogP) is 2.63. The number of para-hydroxylation sites is 1. The molecule has 0 bridgehead atoms. The number of nitrogens with zero attached hydrogens (tertiary/aromatic N) is 2.